The molecule has 0 aromatic heterocycles. The summed E-state index contributed by atoms with van der Waals surface area (Å²) in [5.41, 5.74) is -1.74. The van der Waals surface area contributed by atoms with Gasteiger partial charge in [0.2, 0.25) is 5.78 Å². The van der Waals surface area contributed by atoms with Crippen LogP contribution in [-0.2, 0) is 19.1 Å². The highest BCUT2D eigenvalue weighted by atomic mass is 16.5. The quantitative estimate of drug-likeness (QED) is 0.613. The van der Waals surface area contributed by atoms with E-state index >= 15 is 0 Å². The second-order valence-electron chi connectivity index (χ2n) is 11.8. The zero-order valence-corrected chi connectivity index (χ0v) is 20.5. The maximum atomic E-state index is 13.2. The molecule has 0 saturated heterocycles. The van der Waals surface area contributed by atoms with Crippen LogP contribution in [0.2, 0.25) is 0 Å². The van der Waals surface area contributed by atoms with Gasteiger partial charge in [-0.2, -0.15) is 0 Å². The highest BCUT2D eigenvalue weighted by molar-refractivity contribution is 6.01. The lowest BCUT2D eigenvalue weighted by molar-refractivity contribution is -0.182. The van der Waals surface area contributed by atoms with Crippen LogP contribution in [0.5, 0.6) is 0 Å². The van der Waals surface area contributed by atoms with Crippen molar-refractivity contribution < 1.29 is 29.3 Å². The zero-order valence-electron chi connectivity index (χ0n) is 20.5. The Balaban J connectivity index is 1.60. The smallest absolute Gasteiger partial charge is 0.306 e. The molecule has 182 valence electrons. The summed E-state index contributed by atoms with van der Waals surface area (Å²) < 4.78 is 5.20. The second kappa shape index (κ2) is 8.16. The Morgan fingerprint density at radius 2 is 1.97 bits per heavy atom. The first-order valence-electron chi connectivity index (χ1n) is 12.4. The Morgan fingerprint density at radius 3 is 2.64 bits per heavy atom. The summed E-state index contributed by atoms with van der Waals surface area (Å²) in [6, 6.07) is 0. The normalized spacial score (nSPS) is 44.1. The van der Waals surface area contributed by atoms with E-state index in [9.17, 15) is 24.6 Å². The predicted octanol–water partition coefficient (Wildman–Crippen LogP) is 3.40. The summed E-state index contributed by atoms with van der Waals surface area (Å²) in [5, 5.41) is 23.1. The molecule has 0 bridgehead atoms. The number of ketones is 2. The van der Waals surface area contributed by atoms with E-state index < -0.39 is 40.9 Å². The molecule has 33 heavy (non-hydrogen) atoms. The Hall–Kier alpha value is -1.79. The Kier molecular flexibility index (Phi) is 6.02. The van der Waals surface area contributed by atoms with Gasteiger partial charge in [0.25, 0.3) is 0 Å². The lowest BCUT2D eigenvalue weighted by Crippen LogP contribution is -2.62. The molecule has 4 aliphatic carbocycles. The number of allylic oxidation sites excluding steroid dienone is 4. The molecule has 4 rings (SSSR count). The first-order chi connectivity index (χ1) is 15.3. The summed E-state index contributed by atoms with van der Waals surface area (Å²) in [6.07, 6.45) is 6.96. The third-order valence-corrected chi connectivity index (χ3v) is 9.37. The number of carbonyl (C=O) groups excluding carboxylic acids is 3. The number of rotatable bonds is 5. The lowest BCUT2D eigenvalue weighted by Gasteiger charge is -2.60. The number of esters is 1. The van der Waals surface area contributed by atoms with Gasteiger partial charge in [-0.25, -0.2) is 0 Å². The molecule has 0 unspecified atom stereocenters. The molecular formula is C27H38O6. The molecular weight excluding hydrogens is 420 g/mol. The summed E-state index contributed by atoms with van der Waals surface area (Å²) in [7, 11) is 0. The Labute approximate surface area is 196 Å². The molecule has 4 aliphatic rings. The molecule has 6 heteroatoms. The SMILES string of the molecule is CC(C)CC(=O)OCC(=O)[C@@]1(O)CC[C@H]2[C@@H]3C[C@H](C)C4=CC(=O)C=C[C@]4(C)[C@H]3[C@@H](O)C[C@@]21C. The molecule has 3 fully saturated rings. The van der Waals surface area contributed by atoms with Crippen molar-refractivity contribution in [2.24, 2.45) is 40.4 Å². The van der Waals surface area contributed by atoms with Crippen molar-refractivity contribution >= 4 is 17.5 Å². The number of carbonyl (C=O) groups is 3. The van der Waals surface area contributed by atoms with E-state index in [0.717, 1.165) is 12.0 Å². The fourth-order valence-corrected chi connectivity index (χ4v) is 7.87. The standard InChI is InChI=1S/C27H38O6/c1-15(2)10-23(31)33-14-22(30)27(32)9-7-19-18-11-16(3)20-12-17(28)6-8-25(20,4)24(18)21(29)13-26(19,27)5/h6,8,12,15-16,18-19,21,24,29,32H,7,9-11,13-14H2,1-5H3/t16-,18-,19-,21-,24+,25-,26-,27-/m0/s1. The Morgan fingerprint density at radius 1 is 1.27 bits per heavy atom. The molecule has 0 heterocycles. The van der Waals surface area contributed by atoms with Crippen molar-refractivity contribution in [3.63, 3.8) is 0 Å². The highest BCUT2D eigenvalue weighted by Gasteiger charge is 2.68. The van der Waals surface area contributed by atoms with Gasteiger partial charge in [0, 0.05) is 23.2 Å². The number of hydrogen-bond acceptors (Lipinski definition) is 6. The molecule has 0 aromatic rings. The van der Waals surface area contributed by atoms with E-state index in [1.54, 1.807) is 12.2 Å². The van der Waals surface area contributed by atoms with E-state index in [0.29, 0.717) is 19.3 Å². The van der Waals surface area contributed by atoms with Crippen molar-refractivity contribution in [1.29, 1.82) is 0 Å². The van der Waals surface area contributed by atoms with Gasteiger partial charge in [-0.3, -0.25) is 14.4 Å². The molecule has 6 nitrogen and oxygen atoms in total. The van der Waals surface area contributed by atoms with Crippen LogP contribution in [0.25, 0.3) is 0 Å². The van der Waals surface area contributed by atoms with Gasteiger partial charge in [-0.1, -0.05) is 46.3 Å². The molecule has 0 radical (unpaired) electrons. The van der Waals surface area contributed by atoms with Crippen LogP contribution in [-0.4, -0.2) is 46.1 Å². The topological polar surface area (TPSA) is 101 Å². The minimum atomic E-state index is -1.62. The predicted molar refractivity (Wildman–Crippen MR) is 123 cm³/mol. The maximum Gasteiger partial charge on any atom is 0.306 e. The van der Waals surface area contributed by atoms with Crippen LogP contribution in [0.4, 0.5) is 0 Å². The first-order valence-corrected chi connectivity index (χ1v) is 12.4. The van der Waals surface area contributed by atoms with Gasteiger partial charge < -0.3 is 14.9 Å². The third-order valence-electron chi connectivity index (χ3n) is 9.37. The van der Waals surface area contributed by atoms with Gasteiger partial charge >= 0.3 is 5.97 Å². The van der Waals surface area contributed by atoms with Crippen molar-refractivity contribution in [2.45, 2.75) is 78.4 Å². The molecule has 8 atom stereocenters. The van der Waals surface area contributed by atoms with Crippen molar-refractivity contribution in [3.8, 4) is 0 Å². The monoisotopic (exact) mass is 458 g/mol. The number of fused-ring (bicyclic) bond motifs is 5. The third kappa shape index (κ3) is 3.65. The fraction of sp³-hybridized carbons (Fsp3) is 0.741. The molecule has 0 aromatic carbocycles. The molecule has 3 saturated carbocycles. The van der Waals surface area contributed by atoms with E-state index in [4.69, 9.17) is 4.74 Å². The van der Waals surface area contributed by atoms with Crippen molar-refractivity contribution in [1.82, 2.24) is 0 Å². The van der Waals surface area contributed by atoms with Gasteiger partial charge in [0.05, 0.1) is 6.10 Å². The van der Waals surface area contributed by atoms with Gasteiger partial charge in [-0.05, 0) is 61.5 Å². The van der Waals surface area contributed by atoms with Crippen LogP contribution < -0.4 is 0 Å². The fourth-order valence-electron chi connectivity index (χ4n) is 7.87. The maximum absolute atomic E-state index is 13.2. The number of aliphatic hydroxyl groups excluding tert-OH is 1. The summed E-state index contributed by atoms with van der Waals surface area (Å²) in [5.74, 6) is -0.462. The Bertz CT molecular complexity index is 918. The minimum Gasteiger partial charge on any atom is -0.458 e. The zero-order chi connectivity index (χ0) is 24.3. The molecule has 0 aliphatic heterocycles. The average Bonchev–Trinajstić information content (AvgIpc) is 2.98. The number of aliphatic hydroxyl groups is 2. The van der Waals surface area contributed by atoms with E-state index in [1.807, 2.05) is 26.8 Å². The second-order valence-corrected chi connectivity index (χ2v) is 11.8. The average molecular weight is 459 g/mol. The van der Waals surface area contributed by atoms with E-state index in [1.165, 1.54) is 0 Å². The first kappa shape index (κ1) is 24.3. The van der Waals surface area contributed by atoms with Crippen molar-refractivity contribution in [2.75, 3.05) is 6.61 Å². The van der Waals surface area contributed by atoms with Crippen LogP contribution in [0.3, 0.4) is 0 Å². The van der Waals surface area contributed by atoms with Crippen LogP contribution in [0, 0.1) is 40.4 Å². The number of ether oxygens (including phenoxy) is 1. The van der Waals surface area contributed by atoms with Crippen LogP contribution >= 0.6 is 0 Å². The number of Topliss-reactive ketones (excluding diaryl/α,β-unsaturated/α-hetero) is 1. The molecule has 2 N–H and O–H groups in total. The summed E-state index contributed by atoms with van der Waals surface area (Å²) >= 11 is 0. The van der Waals surface area contributed by atoms with Crippen molar-refractivity contribution in [3.05, 3.63) is 23.8 Å². The largest absolute Gasteiger partial charge is 0.458 e. The van der Waals surface area contributed by atoms with E-state index in [2.05, 4.69) is 13.8 Å². The van der Waals surface area contributed by atoms with E-state index in [-0.39, 0.29) is 41.8 Å². The van der Waals surface area contributed by atoms with Crippen LogP contribution in [0.1, 0.15) is 66.7 Å². The van der Waals surface area contributed by atoms with Gasteiger partial charge in [0.15, 0.2) is 12.4 Å². The van der Waals surface area contributed by atoms with Gasteiger partial charge in [0.1, 0.15) is 5.60 Å². The van der Waals surface area contributed by atoms with Crippen LogP contribution in [0.15, 0.2) is 23.8 Å². The summed E-state index contributed by atoms with van der Waals surface area (Å²) in [6.45, 7) is 9.55. The van der Waals surface area contributed by atoms with Gasteiger partial charge in [-0.15, -0.1) is 0 Å². The lowest BCUT2D eigenvalue weighted by atomic mass is 9.45. The molecule has 0 amide bonds. The minimum absolute atomic E-state index is 0.00392. The summed E-state index contributed by atoms with van der Waals surface area (Å²) in [4.78, 5) is 37.3. The number of hydrogen-bond donors (Lipinski definition) is 2. The highest BCUT2D eigenvalue weighted by Crippen LogP contribution is 2.67. The molecule has 0 spiro atoms.